The number of nitrogens with zero attached hydrogens (tertiary/aromatic N) is 13. The zero-order valence-corrected chi connectivity index (χ0v) is 80.8. The molecule has 1 unspecified atom stereocenters. The molecule has 0 saturated carbocycles. The number of para-hydroxylation sites is 5. The van der Waals surface area contributed by atoms with Crippen molar-refractivity contribution in [3.05, 3.63) is 233 Å². The number of fused-ring (bicyclic) bond motifs is 10. The Morgan fingerprint density at radius 3 is 1.02 bits per heavy atom. The topological polar surface area (TPSA) is 76.3 Å². The Kier molecular flexibility index (Phi) is 34.3. The normalized spacial score (nSPS) is 15.7. The predicted octanol–water partition coefficient (Wildman–Crippen LogP) is 24.2. The largest absolute Gasteiger partial charge is 0.416 e. The van der Waals surface area contributed by atoms with Crippen LogP contribution in [0.1, 0.15) is 57.6 Å². The first-order valence-corrected chi connectivity index (χ1v) is 49.8. The third-order valence-corrected chi connectivity index (χ3v) is 31.2. The maximum absolute atomic E-state index is 13.3. The van der Waals surface area contributed by atoms with E-state index < -0.39 is 33.5 Å². The highest BCUT2D eigenvalue weighted by Gasteiger charge is 2.37. The van der Waals surface area contributed by atoms with Gasteiger partial charge in [0.1, 0.15) is 0 Å². The minimum Gasteiger partial charge on any atom is -0.340 e. The molecule has 17 rings (SSSR count). The van der Waals surface area contributed by atoms with Crippen molar-refractivity contribution in [3.8, 4) is 0 Å². The first-order valence-electron chi connectivity index (χ1n) is 43.5. The van der Waals surface area contributed by atoms with Crippen molar-refractivity contribution in [1.29, 1.82) is 0 Å². The third-order valence-electron chi connectivity index (χ3n) is 23.3. The molecule has 0 amide bonds. The van der Waals surface area contributed by atoms with Crippen LogP contribution in [-0.2, 0) is 22.4 Å². The van der Waals surface area contributed by atoms with Crippen molar-refractivity contribution in [1.82, 2.24) is 38.6 Å². The van der Waals surface area contributed by atoms with Crippen molar-refractivity contribution in [2.24, 2.45) is 5.92 Å². The molecule has 2 saturated heterocycles. The number of sulfonamides is 1. The molecule has 2 fully saturated rings. The second-order valence-electron chi connectivity index (χ2n) is 33.5. The molecule has 0 radical (unpaired) electrons. The van der Waals surface area contributed by atoms with Gasteiger partial charge in [-0.15, -0.1) is 0 Å². The summed E-state index contributed by atoms with van der Waals surface area (Å²) in [5, 5.41) is 1.60. The van der Waals surface area contributed by atoms with E-state index in [4.69, 9.17) is 23.2 Å². The van der Waals surface area contributed by atoms with Gasteiger partial charge in [0.25, 0.3) is 0 Å². The Bertz CT molecular complexity index is 5450. The van der Waals surface area contributed by atoms with Gasteiger partial charge < -0.3 is 58.8 Å². The zero-order valence-electron chi connectivity index (χ0n) is 74.4. The molecule has 7 aliphatic heterocycles. The fourth-order valence-corrected chi connectivity index (χ4v) is 23.2. The molecule has 10 aromatic carbocycles. The summed E-state index contributed by atoms with van der Waals surface area (Å²) < 4.78 is 106. The van der Waals surface area contributed by atoms with Crippen LogP contribution in [-0.4, -0.2) is 234 Å². The number of rotatable bonds is 24. The predicted molar refractivity (Wildman–Crippen MR) is 521 cm³/mol. The summed E-state index contributed by atoms with van der Waals surface area (Å²) in [6, 6.07) is 67.5. The molecule has 1 atom stereocenters. The van der Waals surface area contributed by atoms with Crippen LogP contribution in [0.25, 0.3) is 0 Å². The first-order chi connectivity index (χ1) is 60.9. The van der Waals surface area contributed by atoms with E-state index in [2.05, 4.69) is 200 Å². The monoisotopic (exact) mass is 1880 g/mol. The number of benzene rings is 10. The number of alkyl halides is 6. The highest BCUT2D eigenvalue weighted by Crippen LogP contribution is 2.55. The maximum Gasteiger partial charge on any atom is 0.416 e. The summed E-state index contributed by atoms with van der Waals surface area (Å²) in [7, 11) is 12.2. The van der Waals surface area contributed by atoms with Crippen LogP contribution in [0.3, 0.4) is 0 Å². The van der Waals surface area contributed by atoms with E-state index in [-0.39, 0.29) is 0 Å². The van der Waals surface area contributed by atoms with Crippen molar-refractivity contribution < 1.29 is 34.8 Å². The van der Waals surface area contributed by atoms with Gasteiger partial charge in [0, 0.05) is 165 Å². The van der Waals surface area contributed by atoms with Gasteiger partial charge >= 0.3 is 12.4 Å². The molecule has 678 valence electrons. The van der Waals surface area contributed by atoms with Crippen LogP contribution >= 0.6 is 82.0 Å². The number of likely N-dealkylation sites (N-methyl/N-ethyl adjacent to an activating group) is 2. The van der Waals surface area contributed by atoms with Gasteiger partial charge in [-0.05, 0) is 265 Å². The average Bonchev–Trinajstić information content (AvgIpc) is 0.778. The fraction of sp³-hybridized carbons (Fsp3) is 0.388. The van der Waals surface area contributed by atoms with Crippen LogP contribution < -0.4 is 24.5 Å². The van der Waals surface area contributed by atoms with Crippen molar-refractivity contribution in [2.45, 2.75) is 113 Å². The quantitative estimate of drug-likeness (QED) is 0.0538. The lowest BCUT2D eigenvalue weighted by Gasteiger charge is -2.35. The van der Waals surface area contributed by atoms with E-state index >= 15 is 0 Å². The van der Waals surface area contributed by atoms with Gasteiger partial charge in [-0.2, -0.15) is 26.3 Å². The lowest BCUT2D eigenvalue weighted by atomic mass is 10.1. The Morgan fingerprint density at radius 2 is 0.669 bits per heavy atom. The molecule has 0 N–H and O–H groups in total. The molecule has 0 spiro atoms. The summed E-state index contributed by atoms with van der Waals surface area (Å²) in [6.45, 7) is 26.9. The molecule has 7 aliphatic rings. The molecule has 29 heteroatoms. The second-order valence-corrected chi connectivity index (χ2v) is 41.9. The molecule has 0 aromatic heterocycles. The first kappa shape index (κ1) is 97.3. The van der Waals surface area contributed by atoms with E-state index in [0.29, 0.717) is 35.3 Å². The number of hydrogen-bond acceptors (Lipinski definition) is 19. The van der Waals surface area contributed by atoms with Gasteiger partial charge in [-0.3, -0.25) is 0 Å². The fourth-order valence-electron chi connectivity index (χ4n) is 16.5. The van der Waals surface area contributed by atoms with E-state index in [1.54, 1.807) is 55.8 Å². The molecule has 0 bridgehead atoms. The summed E-state index contributed by atoms with van der Waals surface area (Å²) in [4.78, 5) is 39.5. The van der Waals surface area contributed by atoms with E-state index in [0.717, 1.165) is 201 Å². The summed E-state index contributed by atoms with van der Waals surface area (Å²) >= 11 is 20.9. The second kappa shape index (κ2) is 44.8. The van der Waals surface area contributed by atoms with Crippen LogP contribution in [0.2, 0.25) is 10.0 Å². The Hall–Kier alpha value is -7.26. The molecular weight excluding hydrogens is 1770 g/mol. The van der Waals surface area contributed by atoms with E-state index in [1.165, 1.54) is 87.6 Å². The van der Waals surface area contributed by atoms with Crippen molar-refractivity contribution >= 4 is 149 Å². The highest BCUT2D eigenvalue weighted by molar-refractivity contribution is 8.00. The van der Waals surface area contributed by atoms with Gasteiger partial charge in [0.2, 0.25) is 10.0 Å². The molecule has 7 heterocycles. The number of hydrogen-bond donors (Lipinski definition) is 0. The van der Waals surface area contributed by atoms with Crippen molar-refractivity contribution in [2.75, 3.05) is 212 Å². The van der Waals surface area contributed by atoms with Crippen LogP contribution in [0.4, 0.5) is 83.2 Å². The average molecular weight is 1890 g/mol. The van der Waals surface area contributed by atoms with Crippen LogP contribution in [0, 0.1) is 5.92 Å². The Labute approximate surface area is 780 Å². The maximum atomic E-state index is 13.3. The smallest absolute Gasteiger partial charge is 0.340 e. The summed E-state index contributed by atoms with van der Waals surface area (Å²) in [6.07, 6.45) is -4.45. The van der Waals surface area contributed by atoms with Crippen LogP contribution in [0.15, 0.2) is 266 Å². The van der Waals surface area contributed by atoms with Gasteiger partial charge in [-0.1, -0.05) is 163 Å². The standard InChI is InChI=1S/C22H30N4O2S2.C21H24F3N3S.C19H23ClN2S.C19H21F3N2S.C17H19ClN2S/c1-23(2)30(27,28)18-9-10-22-20(17-18)26(19-7-4-5-8-21(19)29-22)12-6-11-25-15-13-24(3)14-16-25;1-25-11-13-26(14-12-25)9-4-10-27-17-5-2-3-6-19(17)28-20-8-7-16(15-18(20)27)21(22,23)24;1-3-21(4-2)12-7-13-22-16-8-5-6-9-18(16)23-19-11-10-15(20)14-17(19)22;1-13(11-23(2)3)12-24-15-6-4-5-7-17(15)25-18-9-8-14(10-16(18)24)19(20,21)22;1-19(2)10-5-11-20-14-6-3-4-7-16(14)21-17-9-8-13(18)12-15(17)20/h4-5,7-10,17H,6,11-16H2,1-3H3;2-3,5-8,15H,4,9-14H2,1H3;5-6,8-11,14H,3-4,7,12-13H2,1-2H3;4-10,13H,11-12H2,1-3H3;3-4,6-9,12H,5,10-11H2,1-2H3. The Balaban J connectivity index is 0.000000137. The van der Waals surface area contributed by atoms with Gasteiger partial charge in [0.15, 0.2) is 0 Å². The van der Waals surface area contributed by atoms with E-state index in [9.17, 15) is 34.8 Å². The SMILES string of the molecule is CC(CN(C)C)CN1c2ccccc2Sc2ccc(C(F)(F)F)cc21.CCN(CC)CCCN1c2ccccc2Sc2ccc(Cl)cc21.CN(C)CCCN1c2ccccc2Sc2ccc(Cl)cc21.CN1CCN(CCCN2c3ccccc3Sc3ccc(C(F)(F)F)cc32)CC1.CN1CCN(CCCN2c3ccccc3Sc3ccc(S(=O)(=O)N(C)C)cc32)CC1. The van der Waals surface area contributed by atoms with Gasteiger partial charge in [-0.25, -0.2) is 12.7 Å². The molecule has 10 aromatic rings. The molecule has 127 heavy (non-hydrogen) atoms. The van der Waals surface area contributed by atoms with E-state index in [1.807, 2.05) is 115 Å². The molecular formula is C98H117Cl2F6N13O2S6. The molecule has 15 nitrogen and oxygen atoms in total. The lowest BCUT2D eigenvalue weighted by molar-refractivity contribution is -0.138. The van der Waals surface area contributed by atoms with Crippen LogP contribution in [0.5, 0.6) is 0 Å². The minimum absolute atomic E-state index is 0.313. The number of piperazine rings is 2. The number of halogens is 8. The van der Waals surface area contributed by atoms with Gasteiger partial charge in [0.05, 0.1) is 72.9 Å². The minimum atomic E-state index is -4.34. The zero-order chi connectivity index (χ0) is 90.3. The third kappa shape index (κ3) is 25.3. The summed E-state index contributed by atoms with van der Waals surface area (Å²) in [5.74, 6) is 0.313. The molecule has 0 aliphatic carbocycles. The Morgan fingerprint density at radius 1 is 0.362 bits per heavy atom. The van der Waals surface area contributed by atoms with Crippen molar-refractivity contribution in [3.63, 3.8) is 0 Å². The number of anilines is 10. The highest BCUT2D eigenvalue weighted by atomic mass is 35.5. The lowest BCUT2D eigenvalue weighted by Crippen LogP contribution is -2.45. The summed E-state index contributed by atoms with van der Waals surface area (Å²) in [5.41, 5.74) is 9.29.